The van der Waals surface area contributed by atoms with E-state index in [0.717, 1.165) is 37.2 Å². The van der Waals surface area contributed by atoms with Gasteiger partial charge in [-0.15, -0.1) is 0 Å². The van der Waals surface area contributed by atoms with Crippen molar-refractivity contribution in [2.45, 2.75) is 33.2 Å². The van der Waals surface area contributed by atoms with Crippen LogP contribution in [0.1, 0.15) is 31.0 Å². The second kappa shape index (κ2) is 6.50. The Labute approximate surface area is 117 Å². The summed E-state index contributed by atoms with van der Waals surface area (Å²) in [4.78, 5) is 4.37. The predicted molar refractivity (Wildman–Crippen MR) is 75.8 cm³/mol. The van der Waals surface area contributed by atoms with Crippen LogP contribution >= 0.6 is 0 Å². The highest BCUT2D eigenvalue weighted by Crippen LogP contribution is 2.15. The Morgan fingerprint density at radius 2 is 2.10 bits per heavy atom. The Morgan fingerprint density at radius 1 is 1.30 bits per heavy atom. The normalized spacial score (nSPS) is 10.8. The summed E-state index contributed by atoms with van der Waals surface area (Å²) in [6.07, 6.45) is 3.96. The van der Waals surface area contributed by atoms with Gasteiger partial charge in [-0.3, -0.25) is 0 Å². The standard InChI is InChI=1S/C15H19F2N3/c1-3-4-7-18-15-19-11(2)9-20(15)10-12-8-13(16)5-6-14(12)17/h5-6,8-9H,3-4,7,10H2,1-2H3,(H,18,19). The van der Waals surface area contributed by atoms with Crippen LogP contribution < -0.4 is 5.32 Å². The van der Waals surface area contributed by atoms with Crippen LogP contribution in [0.4, 0.5) is 14.7 Å². The zero-order valence-electron chi connectivity index (χ0n) is 11.8. The quantitative estimate of drug-likeness (QED) is 0.817. The van der Waals surface area contributed by atoms with Gasteiger partial charge in [-0.05, 0) is 31.5 Å². The number of anilines is 1. The van der Waals surface area contributed by atoms with Crippen molar-refractivity contribution >= 4 is 5.95 Å². The first-order valence-corrected chi connectivity index (χ1v) is 6.81. The van der Waals surface area contributed by atoms with Gasteiger partial charge in [-0.2, -0.15) is 0 Å². The number of aromatic nitrogens is 2. The minimum absolute atomic E-state index is 0.263. The van der Waals surface area contributed by atoms with Crippen molar-refractivity contribution in [1.29, 1.82) is 0 Å². The molecule has 0 saturated carbocycles. The van der Waals surface area contributed by atoms with Crippen LogP contribution in [0, 0.1) is 18.6 Å². The van der Waals surface area contributed by atoms with Gasteiger partial charge in [-0.25, -0.2) is 13.8 Å². The summed E-state index contributed by atoms with van der Waals surface area (Å²) in [5.74, 6) is -0.143. The number of hydrogen-bond acceptors (Lipinski definition) is 2. The van der Waals surface area contributed by atoms with Crippen LogP contribution in [0.25, 0.3) is 0 Å². The minimum atomic E-state index is -0.432. The molecule has 1 aromatic heterocycles. The molecule has 0 fully saturated rings. The molecule has 0 spiro atoms. The fourth-order valence-corrected chi connectivity index (χ4v) is 2.03. The van der Waals surface area contributed by atoms with Crippen molar-refractivity contribution in [1.82, 2.24) is 9.55 Å². The highest BCUT2D eigenvalue weighted by molar-refractivity contribution is 5.31. The van der Waals surface area contributed by atoms with Gasteiger partial charge in [0.1, 0.15) is 11.6 Å². The third kappa shape index (κ3) is 3.56. The van der Waals surface area contributed by atoms with Gasteiger partial charge in [0, 0.05) is 18.3 Å². The maximum Gasteiger partial charge on any atom is 0.203 e. The molecule has 0 bridgehead atoms. The van der Waals surface area contributed by atoms with Crippen molar-refractivity contribution in [3.05, 3.63) is 47.3 Å². The van der Waals surface area contributed by atoms with E-state index in [1.54, 1.807) is 0 Å². The van der Waals surface area contributed by atoms with E-state index in [9.17, 15) is 8.78 Å². The number of rotatable bonds is 6. The molecule has 0 saturated heterocycles. The lowest BCUT2D eigenvalue weighted by Gasteiger charge is -2.10. The van der Waals surface area contributed by atoms with Gasteiger partial charge in [0.25, 0.3) is 0 Å². The molecule has 0 aliphatic heterocycles. The van der Waals surface area contributed by atoms with E-state index in [0.29, 0.717) is 11.5 Å². The number of hydrogen-bond donors (Lipinski definition) is 1. The average Bonchev–Trinajstić information content (AvgIpc) is 2.74. The van der Waals surface area contributed by atoms with Crippen LogP contribution in [0.5, 0.6) is 0 Å². The van der Waals surface area contributed by atoms with Crippen LogP contribution in [-0.2, 0) is 6.54 Å². The minimum Gasteiger partial charge on any atom is -0.356 e. The Balaban J connectivity index is 2.17. The van der Waals surface area contributed by atoms with Crippen molar-refractivity contribution in [2.75, 3.05) is 11.9 Å². The number of halogens is 2. The first kappa shape index (κ1) is 14.5. The zero-order chi connectivity index (χ0) is 14.5. The van der Waals surface area contributed by atoms with Gasteiger partial charge < -0.3 is 9.88 Å². The van der Waals surface area contributed by atoms with Crippen molar-refractivity contribution < 1.29 is 8.78 Å². The molecular weight excluding hydrogens is 260 g/mol. The second-order valence-electron chi connectivity index (χ2n) is 4.85. The molecule has 108 valence electrons. The molecule has 2 rings (SSSR count). The maximum absolute atomic E-state index is 13.7. The summed E-state index contributed by atoms with van der Waals surface area (Å²) < 4.78 is 28.7. The third-order valence-electron chi connectivity index (χ3n) is 3.06. The topological polar surface area (TPSA) is 29.9 Å². The molecule has 20 heavy (non-hydrogen) atoms. The van der Waals surface area contributed by atoms with E-state index < -0.39 is 11.6 Å². The number of aryl methyl sites for hydroxylation is 1. The summed E-state index contributed by atoms with van der Waals surface area (Å²) >= 11 is 0. The lowest BCUT2D eigenvalue weighted by atomic mass is 10.2. The Morgan fingerprint density at radius 3 is 2.85 bits per heavy atom. The molecule has 1 N–H and O–H groups in total. The highest BCUT2D eigenvalue weighted by Gasteiger charge is 2.09. The molecule has 3 nitrogen and oxygen atoms in total. The van der Waals surface area contributed by atoms with Crippen LogP contribution in [0.2, 0.25) is 0 Å². The maximum atomic E-state index is 13.7. The zero-order valence-corrected chi connectivity index (χ0v) is 11.8. The number of imidazole rings is 1. The first-order chi connectivity index (χ1) is 9.60. The summed E-state index contributed by atoms with van der Waals surface area (Å²) in [6, 6.07) is 3.50. The van der Waals surface area contributed by atoms with Gasteiger partial charge in [0.2, 0.25) is 5.95 Å². The fourth-order valence-electron chi connectivity index (χ4n) is 2.03. The lowest BCUT2D eigenvalue weighted by molar-refractivity contribution is 0.577. The van der Waals surface area contributed by atoms with E-state index in [-0.39, 0.29) is 6.54 Å². The van der Waals surface area contributed by atoms with Crippen LogP contribution in [-0.4, -0.2) is 16.1 Å². The number of nitrogens with zero attached hydrogens (tertiary/aromatic N) is 2. The molecule has 1 aromatic carbocycles. The van der Waals surface area contributed by atoms with E-state index >= 15 is 0 Å². The van der Waals surface area contributed by atoms with Crippen molar-refractivity contribution in [3.63, 3.8) is 0 Å². The first-order valence-electron chi connectivity index (χ1n) is 6.81. The Bertz CT molecular complexity index is 578. The molecule has 2 aromatic rings. The average molecular weight is 279 g/mol. The molecular formula is C15H19F2N3. The highest BCUT2D eigenvalue weighted by atomic mass is 19.1. The van der Waals surface area contributed by atoms with Crippen molar-refractivity contribution in [2.24, 2.45) is 0 Å². The number of nitrogens with one attached hydrogen (secondary N) is 1. The van der Waals surface area contributed by atoms with E-state index in [1.807, 2.05) is 17.7 Å². The molecule has 0 unspecified atom stereocenters. The van der Waals surface area contributed by atoms with E-state index in [1.165, 1.54) is 6.07 Å². The summed E-state index contributed by atoms with van der Waals surface area (Å²) in [7, 11) is 0. The molecule has 0 amide bonds. The molecule has 0 aliphatic carbocycles. The van der Waals surface area contributed by atoms with Crippen LogP contribution in [0.3, 0.4) is 0 Å². The largest absolute Gasteiger partial charge is 0.356 e. The third-order valence-corrected chi connectivity index (χ3v) is 3.06. The fraction of sp³-hybridized carbons (Fsp3) is 0.400. The van der Waals surface area contributed by atoms with Gasteiger partial charge >= 0.3 is 0 Å². The molecule has 0 aliphatic rings. The summed E-state index contributed by atoms with van der Waals surface area (Å²) in [5, 5.41) is 3.22. The lowest BCUT2D eigenvalue weighted by Crippen LogP contribution is -2.10. The number of unbranched alkanes of at least 4 members (excludes halogenated alkanes) is 1. The smallest absolute Gasteiger partial charge is 0.203 e. The van der Waals surface area contributed by atoms with Gasteiger partial charge in [0.15, 0.2) is 0 Å². The van der Waals surface area contributed by atoms with Gasteiger partial charge in [0.05, 0.1) is 12.2 Å². The summed E-state index contributed by atoms with van der Waals surface area (Å²) in [5.41, 5.74) is 1.17. The monoisotopic (exact) mass is 279 g/mol. The second-order valence-corrected chi connectivity index (χ2v) is 4.85. The Kier molecular flexibility index (Phi) is 4.71. The SMILES string of the molecule is CCCCNc1nc(C)cn1Cc1cc(F)ccc1F. The van der Waals surface area contributed by atoms with E-state index in [4.69, 9.17) is 0 Å². The molecule has 5 heteroatoms. The Hall–Kier alpha value is -1.91. The van der Waals surface area contributed by atoms with Gasteiger partial charge in [-0.1, -0.05) is 13.3 Å². The number of benzene rings is 1. The van der Waals surface area contributed by atoms with E-state index in [2.05, 4.69) is 17.2 Å². The molecule has 0 radical (unpaired) electrons. The van der Waals surface area contributed by atoms with Crippen LogP contribution in [0.15, 0.2) is 24.4 Å². The summed E-state index contributed by atoms with van der Waals surface area (Å²) in [6.45, 7) is 5.07. The van der Waals surface area contributed by atoms with Crippen molar-refractivity contribution in [3.8, 4) is 0 Å². The predicted octanol–water partition coefficient (Wildman–Crippen LogP) is 3.73. The molecule has 0 atom stereocenters. The molecule has 1 heterocycles.